The molecule has 1 aromatic rings. The molecule has 0 aliphatic carbocycles. The van der Waals surface area contributed by atoms with Gasteiger partial charge in [0.15, 0.2) is 11.5 Å². The third-order valence-electron chi connectivity index (χ3n) is 2.42. The number of carbonyl (C=O) groups is 1. The molecule has 4 nitrogen and oxygen atoms in total. The predicted molar refractivity (Wildman–Crippen MR) is 54.8 cm³/mol. The van der Waals surface area contributed by atoms with Crippen LogP contribution in [0, 0.1) is 0 Å². The number of benzene rings is 1. The lowest BCUT2D eigenvalue weighted by Gasteiger charge is -2.06. The van der Waals surface area contributed by atoms with E-state index in [0.29, 0.717) is 12.2 Å². The number of fused-ring (bicyclic) bond motifs is 2. The maximum Gasteiger partial charge on any atom is 0.231 e. The fourth-order valence-corrected chi connectivity index (χ4v) is 1.70. The van der Waals surface area contributed by atoms with E-state index < -0.39 is 0 Å². The fourth-order valence-electron chi connectivity index (χ4n) is 1.70. The van der Waals surface area contributed by atoms with Crippen LogP contribution in [-0.4, -0.2) is 12.7 Å². The number of hydrogen-bond donors (Lipinski definition) is 1. The highest BCUT2D eigenvalue weighted by Gasteiger charge is 2.18. The second-order valence-electron chi connectivity index (χ2n) is 3.45. The van der Waals surface area contributed by atoms with Gasteiger partial charge in [-0.05, 0) is 6.07 Å². The number of anilines is 1. The number of rotatable bonds is 0. The molecule has 2 aliphatic heterocycles. The van der Waals surface area contributed by atoms with E-state index in [2.05, 4.69) is 5.32 Å². The summed E-state index contributed by atoms with van der Waals surface area (Å²) >= 11 is 0. The quantitative estimate of drug-likeness (QED) is 0.699. The molecule has 0 unspecified atom stereocenters. The van der Waals surface area contributed by atoms with E-state index in [0.717, 1.165) is 17.0 Å². The molecule has 0 saturated carbocycles. The van der Waals surface area contributed by atoms with Crippen molar-refractivity contribution < 1.29 is 14.3 Å². The molecule has 0 bridgehead atoms. The molecule has 76 valence electrons. The zero-order valence-corrected chi connectivity index (χ0v) is 7.95. The van der Waals surface area contributed by atoms with Crippen molar-refractivity contribution in [2.24, 2.45) is 0 Å². The summed E-state index contributed by atoms with van der Waals surface area (Å²) in [6.45, 7) is 0.246. The summed E-state index contributed by atoms with van der Waals surface area (Å²) in [5.74, 6) is 1.41. The monoisotopic (exact) mass is 203 g/mol. The van der Waals surface area contributed by atoms with Crippen LogP contribution in [0.5, 0.6) is 11.5 Å². The van der Waals surface area contributed by atoms with Crippen molar-refractivity contribution in [3.05, 3.63) is 23.8 Å². The van der Waals surface area contributed by atoms with Crippen LogP contribution in [0.2, 0.25) is 0 Å². The standard InChI is InChI=1S/C11H9NO3/c13-11-3-1-2-7-4-9-10(15-6-14-9)5-8(7)12-11/h1-2,4-5H,3,6H2,(H,12,13). The first-order valence-corrected chi connectivity index (χ1v) is 4.73. The van der Waals surface area contributed by atoms with Crippen molar-refractivity contribution in [3.8, 4) is 11.5 Å². The Bertz CT molecular complexity index is 465. The molecule has 0 radical (unpaired) electrons. The molecule has 1 amide bonds. The minimum absolute atomic E-state index is 0.0103. The maximum atomic E-state index is 11.3. The molecular formula is C11H9NO3. The number of hydrogen-bond acceptors (Lipinski definition) is 3. The van der Waals surface area contributed by atoms with Gasteiger partial charge in [-0.1, -0.05) is 12.2 Å². The largest absolute Gasteiger partial charge is 0.454 e. The molecule has 2 aliphatic rings. The van der Waals surface area contributed by atoms with Gasteiger partial charge >= 0.3 is 0 Å². The highest BCUT2D eigenvalue weighted by Crippen LogP contribution is 2.38. The zero-order chi connectivity index (χ0) is 10.3. The van der Waals surface area contributed by atoms with Crippen LogP contribution in [0.15, 0.2) is 18.2 Å². The van der Waals surface area contributed by atoms with Crippen molar-refractivity contribution in [1.82, 2.24) is 0 Å². The maximum absolute atomic E-state index is 11.3. The molecule has 15 heavy (non-hydrogen) atoms. The second-order valence-corrected chi connectivity index (χ2v) is 3.45. The Morgan fingerprint density at radius 2 is 2.00 bits per heavy atom. The molecule has 2 heterocycles. The zero-order valence-electron chi connectivity index (χ0n) is 7.95. The van der Waals surface area contributed by atoms with Crippen LogP contribution in [0.4, 0.5) is 5.69 Å². The summed E-state index contributed by atoms with van der Waals surface area (Å²) in [6, 6.07) is 3.67. The molecule has 3 rings (SSSR count). The molecule has 0 aromatic heterocycles. The molecular weight excluding hydrogens is 194 g/mol. The number of ether oxygens (including phenoxy) is 2. The Morgan fingerprint density at radius 1 is 1.20 bits per heavy atom. The van der Waals surface area contributed by atoms with Gasteiger partial charge in [0.25, 0.3) is 0 Å². The first-order valence-electron chi connectivity index (χ1n) is 4.73. The van der Waals surface area contributed by atoms with Gasteiger partial charge in [0.05, 0.1) is 5.69 Å². The van der Waals surface area contributed by atoms with Gasteiger partial charge in [-0.3, -0.25) is 4.79 Å². The van der Waals surface area contributed by atoms with E-state index in [4.69, 9.17) is 9.47 Å². The lowest BCUT2D eigenvalue weighted by atomic mass is 10.1. The first kappa shape index (κ1) is 8.35. The normalized spacial score (nSPS) is 16.9. The lowest BCUT2D eigenvalue weighted by molar-refractivity contribution is -0.115. The average molecular weight is 203 g/mol. The number of nitrogens with one attached hydrogen (secondary N) is 1. The smallest absolute Gasteiger partial charge is 0.231 e. The molecule has 1 aromatic carbocycles. The summed E-state index contributed by atoms with van der Waals surface area (Å²) in [7, 11) is 0. The third kappa shape index (κ3) is 1.34. The van der Waals surface area contributed by atoms with Crippen molar-refractivity contribution in [2.75, 3.05) is 12.1 Å². The van der Waals surface area contributed by atoms with Crippen LogP contribution in [-0.2, 0) is 4.79 Å². The van der Waals surface area contributed by atoms with Crippen LogP contribution in [0.25, 0.3) is 6.08 Å². The van der Waals surface area contributed by atoms with Crippen LogP contribution in [0.3, 0.4) is 0 Å². The molecule has 0 fully saturated rings. The first-order chi connectivity index (χ1) is 7.33. The fraction of sp³-hybridized carbons (Fsp3) is 0.182. The molecule has 1 N–H and O–H groups in total. The number of carbonyl (C=O) groups excluding carboxylic acids is 1. The molecule has 0 saturated heterocycles. The Kier molecular flexibility index (Phi) is 1.68. The van der Waals surface area contributed by atoms with Crippen molar-refractivity contribution in [2.45, 2.75) is 6.42 Å². The second kappa shape index (κ2) is 3.02. The predicted octanol–water partition coefficient (Wildman–Crippen LogP) is 1.77. The van der Waals surface area contributed by atoms with Gasteiger partial charge in [0.2, 0.25) is 12.7 Å². The Hall–Kier alpha value is -1.97. The highest BCUT2D eigenvalue weighted by molar-refractivity contribution is 5.96. The summed E-state index contributed by atoms with van der Waals surface area (Å²) in [4.78, 5) is 11.3. The van der Waals surface area contributed by atoms with E-state index in [-0.39, 0.29) is 12.7 Å². The SMILES string of the molecule is O=C1CC=Cc2cc3c(cc2N1)OCO3. The van der Waals surface area contributed by atoms with Crippen LogP contribution < -0.4 is 14.8 Å². The van der Waals surface area contributed by atoms with Gasteiger partial charge in [0.1, 0.15) is 0 Å². The van der Waals surface area contributed by atoms with E-state index >= 15 is 0 Å². The average Bonchev–Trinajstić information content (AvgIpc) is 2.57. The van der Waals surface area contributed by atoms with Gasteiger partial charge in [-0.25, -0.2) is 0 Å². The van der Waals surface area contributed by atoms with Crippen LogP contribution >= 0.6 is 0 Å². The van der Waals surface area contributed by atoms with E-state index in [1.54, 1.807) is 6.07 Å². The lowest BCUT2D eigenvalue weighted by Crippen LogP contribution is -2.09. The van der Waals surface area contributed by atoms with E-state index in [9.17, 15) is 4.79 Å². The molecule has 0 atom stereocenters. The van der Waals surface area contributed by atoms with Crippen LogP contribution in [0.1, 0.15) is 12.0 Å². The Labute approximate surface area is 86.5 Å². The van der Waals surface area contributed by atoms with Gasteiger partial charge in [-0.15, -0.1) is 0 Å². The number of amides is 1. The van der Waals surface area contributed by atoms with Gasteiger partial charge < -0.3 is 14.8 Å². The topological polar surface area (TPSA) is 47.6 Å². The summed E-state index contributed by atoms with van der Waals surface area (Å²) < 4.78 is 10.5. The van der Waals surface area contributed by atoms with Crippen molar-refractivity contribution in [1.29, 1.82) is 0 Å². The Balaban J connectivity index is 2.13. The summed E-state index contributed by atoms with van der Waals surface area (Å²) in [6.07, 6.45) is 4.15. The molecule has 0 spiro atoms. The van der Waals surface area contributed by atoms with Crippen molar-refractivity contribution >= 4 is 17.7 Å². The highest BCUT2D eigenvalue weighted by atomic mass is 16.7. The van der Waals surface area contributed by atoms with Crippen molar-refractivity contribution in [3.63, 3.8) is 0 Å². The van der Waals surface area contributed by atoms with Gasteiger partial charge in [0, 0.05) is 18.1 Å². The minimum Gasteiger partial charge on any atom is -0.454 e. The van der Waals surface area contributed by atoms with E-state index in [1.165, 1.54) is 0 Å². The van der Waals surface area contributed by atoms with Gasteiger partial charge in [-0.2, -0.15) is 0 Å². The summed E-state index contributed by atoms with van der Waals surface area (Å²) in [5.41, 5.74) is 1.73. The summed E-state index contributed by atoms with van der Waals surface area (Å²) in [5, 5.41) is 2.82. The third-order valence-corrected chi connectivity index (χ3v) is 2.42. The molecule has 4 heteroatoms. The minimum atomic E-state index is -0.0103. The van der Waals surface area contributed by atoms with E-state index in [1.807, 2.05) is 18.2 Å². The Morgan fingerprint density at radius 3 is 2.87 bits per heavy atom.